The van der Waals surface area contributed by atoms with Crippen molar-refractivity contribution < 1.29 is 8.78 Å². The van der Waals surface area contributed by atoms with Gasteiger partial charge in [-0.1, -0.05) is 0 Å². The van der Waals surface area contributed by atoms with Crippen LogP contribution in [0.3, 0.4) is 0 Å². The molecular weight excluding hydrogens is 224 g/mol. The Balaban J connectivity index is 1.89. The topological polar surface area (TPSA) is 29.9 Å². The number of aryl methyl sites for hydroxylation is 1. The summed E-state index contributed by atoms with van der Waals surface area (Å²) in [5.74, 6) is -1.11. The number of nitrogens with zero attached hydrogens (tertiary/aromatic N) is 2. The van der Waals surface area contributed by atoms with Gasteiger partial charge in [0, 0.05) is 32.4 Å². The first-order chi connectivity index (χ1) is 8.13. The number of nitrogens with one attached hydrogen (secondary N) is 1. The van der Waals surface area contributed by atoms with Crippen molar-refractivity contribution in [2.45, 2.75) is 13.1 Å². The Morgan fingerprint density at radius 3 is 2.47 bits per heavy atom. The van der Waals surface area contributed by atoms with Crippen molar-refractivity contribution in [1.29, 1.82) is 0 Å². The lowest BCUT2D eigenvalue weighted by Crippen LogP contribution is -2.13. The van der Waals surface area contributed by atoms with Crippen molar-refractivity contribution in [2.75, 3.05) is 0 Å². The van der Waals surface area contributed by atoms with Gasteiger partial charge >= 0.3 is 0 Å². The Kier molecular flexibility index (Phi) is 3.49. The van der Waals surface area contributed by atoms with Crippen LogP contribution in [0, 0.1) is 11.6 Å². The molecule has 0 saturated carbocycles. The van der Waals surface area contributed by atoms with Gasteiger partial charge in [0.05, 0.1) is 5.69 Å². The van der Waals surface area contributed by atoms with Crippen LogP contribution in [-0.2, 0) is 20.1 Å². The van der Waals surface area contributed by atoms with Crippen LogP contribution in [0.5, 0.6) is 0 Å². The quantitative estimate of drug-likeness (QED) is 0.881. The van der Waals surface area contributed by atoms with Crippen molar-refractivity contribution in [1.82, 2.24) is 15.1 Å². The standard InChI is InChI=1S/C12H13F2N3/c1-17-3-2-12(16-17)8-15-7-9-4-10(13)6-11(14)5-9/h2-6,15H,7-8H2,1H3. The van der Waals surface area contributed by atoms with Crippen molar-refractivity contribution in [3.8, 4) is 0 Å². The average Bonchev–Trinajstić information content (AvgIpc) is 2.63. The highest BCUT2D eigenvalue weighted by atomic mass is 19.1. The van der Waals surface area contributed by atoms with Crippen LogP contribution in [0.2, 0.25) is 0 Å². The Morgan fingerprint density at radius 1 is 1.18 bits per heavy atom. The van der Waals surface area contributed by atoms with Gasteiger partial charge in [0.2, 0.25) is 0 Å². The van der Waals surface area contributed by atoms with E-state index in [0.29, 0.717) is 18.7 Å². The molecule has 2 aromatic rings. The molecule has 0 fully saturated rings. The molecule has 1 aromatic heterocycles. The number of aromatic nitrogens is 2. The van der Waals surface area contributed by atoms with Gasteiger partial charge in [-0.15, -0.1) is 0 Å². The van der Waals surface area contributed by atoms with E-state index in [1.165, 1.54) is 12.1 Å². The summed E-state index contributed by atoms with van der Waals surface area (Å²) < 4.78 is 27.5. The molecule has 1 heterocycles. The Morgan fingerprint density at radius 2 is 1.88 bits per heavy atom. The third-order valence-electron chi connectivity index (χ3n) is 2.33. The van der Waals surface area contributed by atoms with E-state index >= 15 is 0 Å². The Hall–Kier alpha value is -1.75. The first-order valence-corrected chi connectivity index (χ1v) is 5.28. The zero-order valence-corrected chi connectivity index (χ0v) is 9.45. The van der Waals surface area contributed by atoms with Gasteiger partial charge in [0.1, 0.15) is 11.6 Å². The predicted octanol–water partition coefficient (Wildman–Crippen LogP) is 1.99. The third kappa shape index (κ3) is 3.35. The first kappa shape index (κ1) is 11.7. The van der Waals surface area contributed by atoms with Gasteiger partial charge in [-0.3, -0.25) is 4.68 Å². The van der Waals surface area contributed by atoms with Gasteiger partial charge in [0.15, 0.2) is 0 Å². The summed E-state index contributed by atoms with van der Waals surface area (Å²) >= 11 is 0. The van der Waals surface area contributed by atoms with E-state index in [1.54, 1.807) is 4.68 Å². The molecule has 1 aromatic carbocycles. The second kappa shape index (κ2) is 5.05. The smallest absolute Gasteiger partial charge is 0.126 e. The molecule has 0 atom stereocenters. The maximum absolute atomic E-state index is 12.9. The molecule has 0 aliphatic rings. The van der Waals surface area contributed by atoms with Crippen molar-refractivity contribution in [2.24, 2.45) is 7.05 Å². The van der Waals surface area contributed by atoms with E-state index in [-0.39, 0.29) is 0 Å². The van der Waals surface area contributed by atoms with E-state index in [1.807, 2.05) is 19.3 Å². The van der Waals surface area contributed by atoms with Crippen molar-refractivity contribution in [3.05, 3.63) is 53.4 Å². The zero-order chi connectivity index (χ0) is 12.3. The molecule has 0 bridgehead atoms. The molecule has 17 heavy (non-hydrogen) atoms. The van der Waals surface area contributed by atoms with E-state index < -0.39 is 11.6 Å². The average molecular weight is 237 g/mol. The van der Waals surface area contributed by atoms with Crippen LogP contribution in [-0.4, -0.2) is 9.78 Å². The van der Waals surface area contributed by atoms with Gasteiger partial charge in [-0.2, -0.15) is 5.10 Å². The number of rotatable bonds is 4. The maximum Gasteiger partial charge on any atom is 0.126 e. The molecule has 0 aliphatic heterocycles. The van der Waals surface area contributed by atoms with E-state index in [9.17, 15) is 8.78 Å². The minimum atomic E-state index is -0.556. The molecule has 5 heteroatoms. The summed E-state index contributed by atoms with van der Waals surface area (Å²) in [5.41, 5.74) is 1.47. The van der Waals surface area contributed by atoms with Gasteiger partial charge in [-0.25, -0.2) is 8.78 Å². The summed E-state index contributed by atoms with van der Waals surface area (Å²) in [5, 5.41) is 7.26. The predicted molar refractivity (Wildman–Crippen MR) is 60.1 cm³/mol. The molecule has 0 saturated heterocycles. The number of hydrogen-bond donors (Lipinski definition) is 1. The molecule has 0 spiro atoms. The van der Waals surface area contributed by atoms with Crippen molar-refractivity contribution >= 4 is 0 Å². The molecule has 0 amide bonds. The lowest BCUT2D eigenvalue weighted by Gasteiger charge is -2.03. The van der Waals surface area contributed by atoms with Crippen LogP contribution in [0.1, 0.15) is 11.3 Å². The van der Waals surface area contributed by atoms with Crippen LogP contribution in [0.4, 0.5) is 8.78 Å². The van der Waals surface area contributed by atoms with E-state index in [4.69, 9.17) is 0 Å². The van der Waals surface area contributed by atoms with Crippen LogP contribution < -0.4 is 5.32 Å². The van der Waals surface area contributed by atoms with E-state index in [0.717, 1.165) is 11.8 Å². The molecule has 3 nitrogen and oxygen atoms in total. The second-order valence-electron chi connectivity index (χ2n) is 3.86. The fraction of sp³-hybridized carbons (Fsp3) is 0.250. The normalized spacial score (nSPS) is 10.8. The number of halogens is 2. The van der Waals surface area contributed by atoms with Crippen LogP contribution >= 0.6 is 0 Å². The number of hydrogen-bond acceptors (Lipinski definition) is 2. The SMILES string of the molecule is Cn1ccc(CNCc2cc(F)cc(F)c2)n1. The first-order valence-electron chi connectivity index (χ1n) is 5.28. The zero-order valence-electron chi connectivity index (χ0n) is 9.45. The minimum absolute atomic E-state index is 0.408. The Bertz CT molecular complexity index is 488. The minimum Gasteiger partial charge on any atom is -0.307 e. The number of benzene rings is 1. The monoisotopic (exact) mass is 237 g/mol. The largest absolute Gasteiger partial charge is 0.307 e. The van der Waals surface area contributed by atoms with Gasteiger partial charge in [-0.05, 0) is 23.8 Å². The van der Waals surface area contributed by atoms with Crippen molar-refractivity contribution in [3.63, 3.8) is 0 Å². The molecule has 90 valence electrons. The summed E-state index contributed by atoms with van der Waals surface area (Å²) in [6.45, 7) is 0.976. The maximum atomic E-state index is 12.9. The van der Waals surface area contributed by atoms with Crippen LogP contribution in [0.15, 0.2) is 30.5 Å². The van der Waals surface area contributed by atoms with E-state index in [2.05, 4.69) is 10.4 Å². The molecule has 0 aliphatic carbocycles. The van der Waals surface area contributed by atoms with Crippen LogP contribution in [0.25, 0.3) is 0 Å². The summed E-state index contributed by atoms with van der Waals surface area (Å²) in [7, 11) is 1.84. The second-order valence-corrected chi connectivity index (χ2v) is 3.86. The molecule has 0 radical (unpaired) electrons. The molecule has 1 N–H and O–H groups in total. The molecule has 2 rings (SSSR count). The molecular formula is C12H13F2N3. The lowest BCUT2D eigenvalue weighted by molar-refractivity contribution is 0.574. The highest BCUT2D eigenvalue weighted by molar-refractivity contribution is 5.17. The lowest BCUT2D eigenvalue weighted by atomic mass is 10.2. The Labute approximate surface area is 98.1 Å². The third-order valence-corrected chi connectivity index (χ3v) is 2.33. The highest BCUT2D eigenvalue weighted by Gasteiger charge is 2.01. The summed E-state index contributed by atoms with van der Waals surface area (Å²) in [6.07, 6.45) is 1.85. The van der Waals surface area contributed by atoms with Gasteiger partial charge in [0.25, 0.3) is 0 Å². The van der Waals surface area contributed by atoms with Gasteiger partial charge < -0.3 is 5.32 Å². The summed E-state index contributed by atoms with van der Waals surface area (Å²) in [6, 6.07) is 5.38. The molecule has 0 unspecified atom stereocenters. The summed E-state index contributed by atoms with van der Waals surface area (Å²) in [4.78, 5) is 0. The fourth-order valence-electron chi connectivity index (χ4n) is 1.61. The fourth-order valence-corrected chi connectivity index (χ4v) is 1.61. The highest BCUT2D eigenvalue weighted by Crippen LogP contribution is 2.07.